The first-order chi connectivity index (χ1) is 19.5. The van der Waals surface area contributed by atoms with Crippen molar-refractivity contribution in [3.8, 4) is 22.6 Å². The standard InChI is InChI=1S/C29H22F3N3O6/c1-40-25-10-7-22(34-27(38)20-12-21(15-33-14-20)28(39)41-16-29(30,31)32)13-24(25)35-26(37)19-4-2-3-18(11-19)17-5-8-23(36)9-6-17/h2-15,36H,16H2,1H3,(H,34,38)(H,35,37). The number of benzene rings is 3. The van der Waals surface area contributed by atoms with Gasteiger partial charge in [0.2, 0.25) is 0 Å². The first kappa shape index (κ1) is 28.6. The zero-order valence-corrected chi connectivity index (χ0v) is 21.4. The quantitative estimate of drug-likeness (QED) is 0.235. The molecule has 1 aromatic heterocycles. The molecule has 4 rings (SSSR count). The van der Waals surface area contributed by atoms with Crippen LogP contribution in [0.25, 0.3) is 11.1 Å². The van der Waals surface area contributed by atoms with E-state index in [1.165, 1.54) is 25.3 Å². The molecule has 0 aliphatic carbocycles. The van der Waals surface area contributed by atoms with Crippen molar-refractivity contribution < 1.29 is 42.1 Å². The Labute approximate surface area is 231 Å². The highest BCUT2D eigenvalue weighted by molar-refractivity contribution is 6.08. The molecule has 0 atom stereocenters. The average Bonchev–Trinajstić information content (AvgIpc) is 2.96. The van der Waals surface area contributed by atoms with Crippen LogP contribution in [0.4, 0.5) is 24.5 Å². The normalized spacial score (nSPS) is 10.9. The maximum Gasteiger partial charge on any atom is 0.422 e. The van der Waals surface area contributed by atoms with Gasteiger partial charge in [-0.25, -0.2) is 4.79 Å². The second-order valence-corrected chi connectivity index (χ2v) is 8.60. The number of carbonyl (C=O) groups is 3. The van der Waals surface area contributed by atoms with E-state index in [1.54, 1.807) is 42.5 Å². The molecule has 210 valence electrons. The molecule has 9 nitrogen and oxygen atoms in total. The molecule has 0 spiro atoms. The average molecular weight is 566 g/mol. The number of anilines is 2. The maximum absolute atomic E-state index is 13.1. The van der Waals surface area contributed by atoms with Crippen LogP contribution in [0.1, 0.15) is 31.1 Å². The van der Waals surface area contributed by atoms with Gasteiger partial charge in [0.1, 0.15) is 11.5 Å². The van der Waals surface area contributed by atoms with E-state index in [2.05, 4.69) is 20.4 Å². The molecule has 0 unspecified atom stereocenters. The largest absolute Gasteiger partial charge is 0.508 e. The first-order valence-electron chi connectivity index (χ1n) is 11.9. The van der Waals surface area contributed by atoms with Gasteiger partial charge < -0.3 is 25.2 Å². The summed E-state index contributed by atoms with van der Waals surface area (Å²) < 4.78 is 46.6. The third kappa shape index (κ3) is 7.60. The van der Waals surface area contributed by atoms with E-state index >= 15 is 0 Å². The number of ether oxygens (including phenoxy) is 2. The van der Waals surface area contributed by atoms with Crippen LogP contribution in [0.3, 0.4) is 0 Å². The highest BCUT2D eigenvalue weighted by Gasteiger charge is 2.30. The minimum atomic E-state index is -4.70. The lowest BCUT2D eigenvalue weighted by Gasteiger charge is -2.14. The number of esters is 1. The van der Waals surface area contributed by atoms with Crippen molar-refractivity contribution in [1.29, 1.82) is 0 Å². The third-order valence-electron chi connectivity index (χ3n) is 5.63. The van der Waals surface area contributed by atoms with E-state index < -0.39 is 30.6 Å². The molecule has 0 radical (unpaired) electrons. The number of nitrogens with zero attached hydrogens (tertiary/aromatic N) is 1. The Kier molecular flexibility index (Phi) is 8.51. The summed E-state index contributed by atoms with van der Waals surface area (Å²) in [6.07, 6.45) is -2.59. The highest BCUT2D eigenvalue weighted by Crippen LogP contribution is 2.29. The van der Waals surface area contributed by atoms with Crippen molar-refractivity contribution in [2.45, 2.75) is 6.18 Å². The molecule has 4 aromatic rings. The van der Waals surface area contributed by atoms with Crippen LogP contribution in [0.15, 0.2) is 85.2 Å². The predicted molar refractivity (Wildman–Crippen MR) is 143 cm³/mol. The zero-order valence-electron chi connectivity index (χ0n) is 21.4. The fraction of sp³-hybridized carbons (Fsp3) is 0.103. The van der Waals surface area contributed by atoms with Crippen LogP contribution in [0.2, 0.25) is 0 Å². The lowest BCUT2D eigenvalue weighted by atomic mass is 10.0. The van der Waals surface area contributed by atoms with Gasteiger partial charge in [-0.2, -0.15) is 13.2 Å². The van der Waals surface area contributed by atoms with Crippen LogP contribution in [0, 0.1) is 0 Å². The molecule has 0 fully saturated rings. The zero-order chi connectivity index (χ0) is 29.6. The van der Waals surface area contributed by atoms with Crippen LogP contribution in [-0.4, -0.2) is 47.8 Å². The van der Waals surface area contributed by atoms with Gasteiger partial charge in [-0.3, -0.25) is 14.6 Å². The van der Waals surface area contributed by atoms with Gasteiger partial charge in [0.05, 0.1) is 23.9 Å². The van der Waals surface area contributed by atoms with Crippen molar-refractivity contribution in [2.75, 3.05) is 24.4 Å². The molecule has 41 heavy (non-hydrogen) atoms. The predicted octanol–water partition coefficient (Wildman–Crippen LogP) is 5.69. The monoisotopic (exact) mass is 565 g/mol. The number of carbonyl (C=O) groups excluding carboxylic acids is 3. The van der Waals surface area contributed by atoms with Gasteiger partial charge in [0.15, 0.2) is 6.61 Å². The second kappa shape index (κ2) is 12.2. The number of amides is 2. The molecular formula is C29H22F3N3O6. The van der Waals surface area contributed by atoms with E-state index in [0.29, 0.717) is 11.3 Å². The van der Waals surface area contributed by atoms with Crippen molar-refractivity contribution >= 4 is 29.2 Å². The number of hydrogen-bond donors (Lipinski definition) is 3. The van der Waals surface area contributed by atoms with Crippen molar-refractivity contribution in [1.82, 2.24) is 4.98 Å². The number of hydrogen-bond acceptors (Lipinski definition) is 7. The maximum atomic E-state index is 13.1. The molecule has 0 bridgehead atoms. The molecule has 2 amide bonds. The van der Waals surface area contributed by atoms with Gasteiger partial charge in [-0.05, 0) is 59.7 Å². The third-order valence-corrected chi connectivity index (χ3v) is 5.63. The lowest BCUT2D eigenvalue weighted by molar-refractivity contribution is -0.161. The second-order valence-electron chi connectivity index (χ2n) is 8.60. The van der Waals surface area contributed by atoms with E-state index in [1.807, 2.05) is 6.07 Å². The Balaban J connectivity index is 1.49. The SMILES string of the molecule is COc1ccc(NC(=O)c2cncc(C(=O)OCC(F)(F)F)c2)cc1NC(=O)c1cccc(-c2ccc(O)cc2)c1. The minimum absolute atomic E-state index is 0.112. The van der Waals surface area contributed by atoms with Gasteiger partial charge in [-0.1, -0.05) is 24.3 Å². The van der Waals surface area contributed by atoms with Crippen LogP contribution >= 0.6 is 0 Å². The van der Waals surface area contributed by atoms with Gasteiger partial charge >= 0.3 is 12.1 Å². The Morgan fingerprint density at radius 3 is 2.24 bits per heavy atom. The van der Waals surface area contributed by atoms with Crippen molar-refractivity contribution in [2.24, 2.45) is 0 Å². The molecule has 3 aromatic carbocycles. The summed E-state index contributed by atoms with van der Waals surface area (Å²) in [5, 5.41) is 14.9. The Bertz CT molecular complexity index is 1590. The topological polar surface area (TPSA) is 127 Å². The number of aromatic hydroxyl groups is 1. The minimum Gasteiger partial charge on any atom is -0.508 e. The van der Waals surface area contributed by atoms with Gasteiger partial charge in [0.25, 0.3) is 11.8 Å². The summed E-state index contributed by atoms with van der Waals surface area (Å²) in [5.41, 5.74) is 1.93. The van der Waals surface area contributed by atoms with Gasteiger partial charge in [0, 0.05) is 23.6 Å². The van der Waals surface area contributed by atoms with Crippen molar-refractivity contribution in [3.63, 3.8) is 0 Å². The Hall–Kier alpha value is -5.39. The number of pyridine rings is 1. The van der Waals surface area contributed by atoms with E-state index in [4.69, 9.17) is 4.74 Å². The number of halogens is 3. The number of nitrogens with one attached hydrogen (secondary N) is 2. The number of alkyl halides is 3. The number of rotatable bonds is 8. The van der Waals surface area contributed by atoms with E-state index in [9.17, 15) is 32.7 Å². The summed E-state index contributed by atoms with van der Waals surface area (Å²) in [7, 11) is 1.41. The molecule has 3 N–H and O–H groups in total. The molecule has 0 aliphatic heterocycles. The molecule has 12 heteroatoms. The molecule has 0 saturated carbocycles. The summed E-state index contributed by atoms with van der Waals surface area (Å²) in [6.45, 7) is -1.77. The Morgan fingerprint density at radius 1 is 0.829 bits per heavy atom. The molecule has 0 saturated heterocycles. The fourth-order valence-electron chi connectivity index (χ4n) is 3.68. The van der Waals surface area contributed by atoms with E-state index in [0.717, 1.165) is 29.6 Å². The summed E-state index contributed by atoms with van der Waals surface area (Å²) >= 11 is 0. The van der Waals surface area contributed by atoms with Crippen LogP contribution < -0.4 is 15.4 Å². The molecule has 0 aliphatic rings. The highest BCUT2D eigenvalue weighted by atomic mass is 19.4. The van der Waals surface area contributed by atoms with Gasteiger partial charge in [-0.15, -0.1) is 0 Å². The fourth-order valence-corrected chi connectivity index (χ4v) is 3.68. The summed E-state index contributed by atoms with van der Waals surface area (Å²) in [5.74, 6) is -2.03. The summed E-state index contributed by atoms with van der Waals surface area (Å²) in [4.78, 5) is 41.5. The molecule has 1 heterocycles. The number of aromatic nitrogens is 1. The summed E-state index contributed by atoms with van der Waals surface area (Å²) in [6, 6.07) is 18.9. The lowest BCUT2D eigenvalue weighted by Crippen LogP contribution is -2.21. The molecular weight excluding hydrogens is 543 g/mol. The van der Waals surface area contributed by atoms with Crippen molar-refractivity contribution in [3.05, 3.63) is 102 Å². The van der Waals surface area contributed by atoms with Crippen LogP contribution in [0.5, 0.6) is 11.5 Å². The van der Waals surface area contributed by atoms with Crippen LogP contribution in [-0.2, 0) is 4.74 Å². The van der Waals surface area contributed by atoms with E-state index in [-0.39, 0.29) is 28.3 Å². The smallest absolute Gasteiger partial charge is 0.422 e. The number of methoxy groups -OCH3 is 1. The number of phenols is 1. The Morgan fingerprint density at radius 2 is 1.54 bits per heavy atom. The first-order valence-corrected chi connectivity index (χ1v) is 11.9. The number of phenolic OH excluding ortho intramolecular Hbond substituents is 1.